The molecule has 0 bridgehead atoms. The highest BCUT2D eigenvalue weighted by molar-refractivity contribution is 6.35. The van der Waals surface area contributed by atoms with Gasteiger partial charge in [0.25, 0.3) is 5.91 Å². The summed E-state index contributed by atoms with van der Waals surface area (Å²) in [5.74, 6) is -0.795. The van der Waals surface area contributed by atoms with Crippen molar-refractivity contribution in [1.82, 2.24) is 10.2 Å². The van der Waals surface area contributed by atoms with Crippen LogP contribution < -0.4 is 10.6 Å². The predicted octanol–water partition coefficient (Wildman–Crippen LogP) is 3.19. The van der Waals surface area contributed by atoms with E-state index in [1.807, 2.05) is 0 Å². The molecule has 2 fully saturated rings. The molecule has 6 nitrogen and oxygen atoms in total. The first-order valence-corrected chi connectivity index (χ1v) is 8.55. The summed E-state index contributed by atoms with van der Waals surface area (Å²) in [6.45, 7) is -0.337. The Kier molecular flexibility index (Phi) is 4.69. The summed E-state index contributed by atoms with van der Waals surface area (Å²) in [4.78, 5) is 37.9. The van der Waals surface area contributed by atoms with Crippen molar-refractivity contribution in [3.8, 4) is 0 Å². The second-order valence-corrected chi connectivity index (χ2v) is 7.04. The van der Waals surface area contributed by atoms with Gasteiger partial charge in [0.1, 0.15) is 12.1 Å². The molecule has 1 saturated heterocycles. The smallest absolute Gasteiger partial charge is 0.324 e. The lowest BCUT2D eigenvalue weighted by Gasteiger charge is -2.30. The maximum atomic E-state index is 12.6. The van der Waals surface area contributed by atoms with Gasteiger partial charge in [0, 0.05) is 15.7 Å². The Morgan fingerprint density at radius 2 is 1.75 bits per heavy atom. The highest BCUT2D eigenvalue weighted by Crippen LogP contribution is 2.33. The predicted molar refractivity (Wildman–Crippen MR) is 91.2 cm³/mol. The van der Waals surface area contributed by atoms with Crippen molar-refractivity contribution < 1.29 is 14.4 Å². The van der Waals surface area contributed by atoms with E-state index >= 15 is 0 Å². The highest BCUT2D eigenvalue weighted by atomic mass is 35.5. The van der Waals surface area contributed by atoms with Gasteiger partial charge in [-0.05, 0) is 31.0 Å². The van der Waals surface area contributed by atoms with E-state index in [-0.39, 0.29) is 12.5 Å². The molecular weight excluding hydrogens is 353 g/mol. The van der Waals surface area contributed by atoms with Crippen LogP contribution in [0, 0.1) is 0 Å². The van der Waals surface area contributed by atoms with Gasteiger partial charge in [-0.1, -0.05) is 42.5 Å². The van der Waals surface area contributed by atoms with Gasteiger partial charge in [0.05, 0.1) is 0 Å². The Labute approximate surface area is 149 Å². The molecule has 0 radical (unpaired) electrons. The number of hydrogen-bond acceptors (Lipinski definition) is 3. The normalized spacial score (nSPS) is 19.5. The van der Waals surface area contributed by atoms with Crippen molar-refractivity contribution in [2.75, 3.05) is 11.9 Å². The Hall–Kier alpha value is -1.79. The summed E-state index contributed by atoms with van der Waals surface area (Å²) in [6, 6.07) is 4.11. The van der Waals surface area contributed by atoms with E-state index in [9.17, 15) is 14.4 Å². The first kappa shape index (κ1) is 17.0. The number of anilines is 1. The lowest BCUT2D eigenvalue weighted by molar-refractivity contribution is -0.134. The number of imide groups is 1. The second-order valence-electron chi connectivity index (χ2n) is 6.17. The zero-order valence-electron chi connectivity index (χ0n) is 12.9. The number of nitrogens with one attached hydrogen (secondary N) is 2. The van der Waals surface area contributed by atoms with Crippen molar-refractivity contribution in [2.45, 2.75) is 37.6 Å². The standard InChI is InChI=1S/C16H17Cl2N3O3/c17-10-6-11(18)8-12(7-10)19-13(22)9-21-14(23)16(20-15(21)24)4-2-1-3-5-16/h6-8H,1-5,9H2,(H,19,22)(H,20,24). The molecule has 1 saturated carbocycles. The zero-order chi connectivity index (χ0) is 17.3. The molecule has 128 valence electrons. The van der Waals surface area contributed by atoms with Crippen molar-refractivity contribution in [1.29, 1.82) is 0 Å². The van der Waals surface area contributed by atoms with Crippen LogP contribution in [0.25, 0.3) is 0 Å². The lowest BCUT2D eigenvalue weighted by Crippen LogP contribution is -2.48. The summed E-state index contributed by atoms with van der Waals surface area (Å²) >= 11 is 11.8. The summed E-state index contributed by atoms with van der Waals surface area (Å²) in [7, 11) is 0. The van der Waals surface area contributed by atoms with Crippen LogP contribution in [0.5, 0.6) is 0 Å². The monoisotopic (exact) mass is 369 g/mol. The van der Waals surface area contributed by atoms with E-state index < -0.39 is 17.5 Å². The average molecular weight is 370 g/mol. The third kappa shape index (κ3) is 3.35. The van der Waals surface area contributed by atoms with E-state index in [0.29, 0.717) is 28.6 Å². The molecule has 0 aromatic heterocycles. The largest absolute Gasteiger partial charge is 0.325 e. The van der Waals surface area contributed by atoms with E-state index in [1.54, 1.807) is 18.2 Å². The minimum Gasteiger partial charge on any atom is -0.324 e. The van der Waals surface area contributed by atoms with Crippen LogP contribution in [0.1, 0.15) is 32.1 Å². The van der Waals surface area contributed by atoms with Gasteiger partial charge < -0.3 is 10.6 Å². The maximum absolute atomic E-state index is 12.6. The van der Waals surface area contributed by atoms with Crippen LogP contribution in [0.15, 0.2) is 18.2 Å². The average Bonchev–Trinajstić information content (AvgIpc) is 2.71. The van der Waals surface area contributed by atoms with Gasteiger partial charge in [0.2, 0.25) is 5.91 Å². The number of nitrogens with zero attached hydrogens (tertiary/aromatic N) is 1. The summed E-state index contributed by atoms with van der Waals surface area (Å²) in [5, 5.41) is 6.14. The van der Waals surface area contributed by atoms with Gasteiger partial charge in [-0.15, -0.1) is 0 Å². The molecule has 2 N–H and O–H groups in total. The van der Waals surface area contributed by atoms with Crippen molar-refractivity contribution in [3.05, 3.63) is 28.2 Å². The van der Waals surface area contributed by atoms with Crippen molar-refractivity contribution in [3.63, 3.8) is 0 Å². The third-order valence-electron chi connectivity index (χ3n) is 4.40. The van der Waals surface area contributed by atoms with E-state index in [1.165, 1.54) is 0 Å². The summed E-state index contributed by atoms with van der Waals surface area (Å²) < 4.78 is 0. The fraction of sp³-hybridized carbons (Fsp3) is 0.438. The molecule has 3 rings (SSSR count). The highest BCUT2D eigenvalue weighted by Gasteiger charge is 2.51. The van der Waals surface area contributed by atoms with Gasteiger partial charge in [-0.2, -0.15) is 0 Å². The molecule has 0 atom stereocenters. The Morgan fingerprint density at radius 1 is 1.12 bits per heavy atom. The molecule has 4 amide bonds. The van der Waals surface area contributed by atoms with Gasteiger partial charge >= 0.3 is 6.03 Å². The molecule has 1 aromatic carbocycles. The quantitative estimate of drug-likeness (QED) is 0.803. The molecule has 1 aliphatic carbocycles. The number of rotatable bonds is 3. The Balaban J connectivity index is 1.67. The second kappa shape index (κ2) is 6.61. The molecule has 8 heteroatoms. The van der Waals surface area contributed by atoms with Gasteiger partial charge in [-0.3, -0.25) is 14.5 Å². The number of amides is 4. The molecule has 2 aliphatic rings. The molecule has 1 aromatic rings. The van der Waals surface area contributed by atoms with Gasteiger partial charge in [0.15, 0.2) is 0 Å². The lowest BCUT2D eigenvalue weighted by atomic mass is 9.82. The van der Waals surface area contributed by atoms with Crippen molar-refractivity contribution in [2.24, 2.45) is 0 Å². The zero-order valence-corrected chi connectivity index (χ0v) is 14.4. The molecule has 1 spiro atoms. The number of urea groups is 1. The van der Waals surface area contributed by atoms with Crippen LogP contribution in [-0.4, -0.2) is 34.8 Å². The third-order valence-corrected chi connectivity index (χ3v) is 4.84. The van der Waals surface area contributed by atoms with E-state index in [2.05, 4.69) is 10.6 Å². The topological polar surface area (TPSA) is 78.5 Å². The fourth-order valence-corrected chi connectivity index (χ4v) is 3.81. The minimum atomic E-state index is -0.824. The molecule has 24 heavy (non-hydrogen) atoms. The summed E-state index contributed by atoms with van der Waals surface area (Å²) in [6.07, 6.45) is 4.10. The number of carbonyl (C=O) groups is 3. The first-order valence-electron chi connectivity index (χ1n) is 7.80. The minimum absolute atomic E-state index is 0.313. The van der Waals surface area contributed by atoms with Crippen LogP contribution in [0.3, 0.4) is 0 Å². The molecule has 1 aliphatic heterocycles. The molecule has 1 heterocycles. The SMILES string of the molecule is O=C(CN1C(=O)NC2(CCCCC2)C1=O)Nc1cc(Cl)cc(Cl)c1. The number of carbonyl (C=O) groups excluding carboxylic acids is 3. The van der Waals surface area contributed by atoms with E-state index in [4.69, 9.17) is 23.2 Å². The number of halogens is 2. The number of benzene rings is 1. The molecular formula is C16H17Cl2N3O3. The Bertz CT molecular complexity index is 682. The van der Waals surface area contributed by atoms with Crippen LogP contribution >= 0.6 is 23.2 Å². The fourth-order valence-electron chi connectivity index (χ4n) is 3.28. The maximum Gasteiger partial charge on any atom is 0.325 e. The van der Waals surface area contributed by atoms with Crippen LogP contribution in [0.4, 0.5) is 10.5 Å². The van der Waals surface area contributed by atoms with E-state index in [0.717, 1.165) is 24.2 Å². The summed E-state index contributed by atoms with van der Waals surface area (Å²) in [5.41, 5.74) is -0.411. The van der Waals surface area contributed by atoms with Crippen LogP contribution in [-0.2, 0) is 9.59 Å². The molecule has 0 unspecified atom stereocenters. The first-order chi connectivity index (χ1) is 11.4. The number of hydrogen-bond donors (Lipinski definition) is 2. The van der Waals surface area contributed by atoms with Gasteiger partial charge in [-0.25, -0.2) is 4.79 Å². The van der Waals surface area contributed by atoms with Crippen molar-refractivity contribution >= 4 is 46.7 Å². The van der Waals surface area contributed by atoms with Crippen LogP contribution in [0.2, 0.25) is 10.0 Å². The Morgan fingerprint density at radius 3 is 2.38 bits per heavy atom.